The van der Waals surface area contributed by atoms with Crippen molar-refractivity contribution in [3.8, 4) is 0 Å². The largest absolute Gasteiger partial charge is 0.457 e. The summed E-state index contributed by atoms with van der Waals surface area (Å²) in [7, 11) is -3.74. The zero-order chi connectivity index (χ0) is 16.7. The summed E-state index contributed by atoms with van der Waals surface area (Å²) in [5.41, 5.74) is 6.47. The first-order valence-corrected chi connectivity index (χ1v) is 9.39. The summed E-state index contributed by atoms with van der Waals surface area (Å²) in [6.07, 6.45) is 2.22. The maximum Gasteiger partial charge on any atom is 0.298 e. The molecule has 1 atom stereocenters. The van der Waals surface area contributed by atoms with Crippen molar-refractivity contribution in [1.29, 1.82) is 0 Å². The Morgan fingerprint density at radius 1 is 1.17 bits per heavy atom. The molecule has 0 bridgehead atoms. The lowest BCUT2D eigenvalue weighted by Crippen LogP contribution is -2.45. The van der Waals surface area contributed by atoms with Crippen molar-refractivity contribution < 1.29 is 13.2 Å². The molecule has 1 unspecified atom stereocenters. The number of hydrogen-bond acceptors (Lipinski definition) is 5. The van der Waals surface area contributed by atoms with Crippen LogP contribution in [0, 0.1) is 0 Å². The van der Waals surface area contributed by atoms with E-state index in [0.29, 0.717) is 11.5 Å². The summed E-state index contributed by atoms with van der Waals surface area (Å²) in [6, 6.07) is 7.51. The van der Waals surface area contributed by atoms with Gasteiger partial charge < -0.3 is 15.8 Å². The quantitative estimate of drug-likeness (QED) is 0.856. The summed E-state index contributed by atoms with van der Waals surface area (Å²) < 4.78 is 33.9. The predicted octanol–water partition coefficient (Wildman–Crippen LogP) is 1.65. The van der Waals surface area contributed by atoms with Crippen LogP contribution >= 0.6 is 0 Å². The average molecular weight is 337 g/mol. The van der Waals surface area contributed by atoms with Crippen LogP contribution in [-0.2, 0) is 14.8 Å². The van der Waals surface area contributed by atoms with Gasteiger partial charge in [-0.1, -0.05) is 24.3 Å². The van der Waals surface area contributed by atoms with Crippen molar-refractivity contribution in [2.45, 2.75) is 43.5 Å². The molecule has 0 aromatic heterocycles. The number of benzene rings is 1. The van der Waals surface area contributed by atoms with Gasteiger partial charge >= 0.3 is 0 Å². The lowest BCUT2D eigenvalue weighted by molar-refractivity contribution is 0.0827. The van der Waals surface area contributed by atoms with E-state index in [1.54, 1.807) is 13.8 Å². The van der Waals surface area contributed by atoms with Crippen molar-refractivity contribution >= 4 is 16.0 Å². The average Bonchev–Trinajstić information content (AvgIpc) is 2.46. The number of hydrogen-bond donors (Lipinski definition) is 2. The van der Waals surface area contributed by atoms with Gasteiger partial charge in [-0.3, -0.25) is 0 Å². The van der Waals surface area contributed by atoms with E-state index < -0.39 is 20.9 Å². The predicted molar refractivity (Wildman–Crippen MR) is 89.7 cm³/mol. The van der Waals surface area contributed by atoms with Crippen molar-refractivity contribution in [1.82, 2.24) is 5.32 Å². The van der Waals surface area contributed by atoms with E-state index in [4.69, 9.17) is 10.5 Å². The number of amidine groups is 1. The molecule has 7 heteroatoms. The lowest BCUT2D eigenvalue weighted by atomic mass is 9.88. The van der Waals surface area contributed by atoms with Crippen LogP contribution in [0.1, 0.15) is 49.0 Å². The smallest absolute Gasteiger partial charge is 0.298 e. The highest BCUT2D eigenvalue weighted by molar-refractivity contribution is 7.90. The van der Waals surface area contributed by atoms with Gasteiger partial charge in [-0.05, 0) is 56.8 Å². The third-order valence-electron chi connectivity index (χ3n) is 4.56. The van der Waals surface area contributed by atoms with Crippen LogP contribution in [0.2, 0.25) is 0 Å². The Kier molecular flexibility index (Phi) is 4.10. The first kappa shape index (κ1) is 16.3. The van der Waals surface area contributed by atoms with E-state index in [9.17, 15) is 8.42 Å². The van der Waals surface area contributed by atoms with Gasteiger partial charge in [-0.2, -0.15) is 0 Å². The highest BCUT2D eigenvalue weighted by atomic mass is 32.2. The summed E-state index contributed by atoms with van der Waals surface area (Å²) in [6.45, 7) is 5.49. The number of sulfonamides is 1. The molecule has 0 saturated carbocycles. The normalized spacial score (nSPS) is 27.0. The minimum Gasteiger partial charge on any atom is -0.457 e. The van der Waals surface area contributed by atoms with Gasteiger partial charge in [0.15, 0.2) is 0 Å². The Labute approximate surface area is 137 Å². The zero-order valence-electron chi connectivity index (χ0n) is 13.5. The minimum absolute atomic E-state index is 0.294. The molecular weight excluding hydrogens is 314 g/mol. The molecular formula is C16H23N3O3S. The standard InChI is InChI=1S/C16H23N3O3S/c1-16(2)14(23(20,21)19-15(17)22-16)13-5-3-11(4-6-13)12-7-9-18-10-8-12/h3-6,12,14,18H,7-10H2,1-2H3,(H2,17,19). The van der Waals surface area contributed by atoms with Gasteiger partial charge in [0.2, 0.25) is 0 Å². The van der Waals surface area contributed by atoms with Crippen LogP contribution in [0.3, 0.4) is 0 Å². The van der Waals surface area contributed by atoms with Crippen LogP contribution in [0.4, 0.5) is 0 Å². The second-order valence-corrected chi connectivity index (χ2v) is 8.40. The second-order valence-electron chi connectivity index (χ2n) is 6.72. The van der Waals surface area contributed by atoms with Gasteiger partial charge in [0.1, 0.15) is 10.9 Å². The fraction of sp³-hybridized carbons (Fsp3) is 0.562. The molecule has 0 aliphatic carbocycles. The number of nitrogens with one attached hydrogen (secondary N) is 1. The van der Waals surface area contributed by atoms with Gasteiger partial charge in [0.05, 0.1) is 0 Å². The molecule has 0 radical (unpaired) electrons. The third-order valence-corrected chi connectivity index (χ3v) is 6.43. The van der Waals surface area contributed by atoms with Crippen molar-refractivity contribution in [3.05, 3.63) is 35.4 Å². The first-order chi connectivity index (χ1) is 10.8. The first-order valence-electron chi connectivity index (χ1n) is 7.88. The van der Waals surface area contributed by atoms with Gasteiger partial charge in [0.25, 0.3) is 16.0 Å². The fourth-order valence-corrected chi connectivity index (χ4v) is 5.21. The Hall–Kier alpha value is -1.60. The van der Waals surface area contributed by atoms with Crippen LogP contribution in [0.5, 0.6) is 0 Å². The summed E-state index contributed by atoms with van der Waals surface area (Å²) in [5.74, 6) is 0.534. The number of ether oxygens (including phenoxy) is 1. The highest BCUT2D eigenvalue weighted by Crippen LogP contribution is 2.40. The van der Waals surface area contributed by atoms with E-state index in [-0.39, 0.29) is 6.02 Å². The van der Waals surface area contributed by atoms with Gasteiger partial charge in [-0.25, -0.2) is 8.42 Å². The summed E-state index contributed by atoms with van der Waals surface area (Å²) in [5, 5.41) is 2.49. The van der Waals surface area contributed by atoms with Crippen molar-refractivity contribution in [2.75, 3.05) is 13.1 Å². The zero-order valence-corrected chi connectivity index (χ0v) is 14.3. The van der Waals surface area contributed by atoms with Gasteiger partial charge in [0, 0.05) is 0 Å². The molecule has 2 aliphatic rings. The van der Waals surface area contributed by atoms with Crippen LogP contribution < -0.4 is 11.1 Å². The second kappa shape index (κ2) is 5.79. The molecule has 6 nitrogen and oxygen atoms in total. The number of piperidine rings is 1. The van der Waals surface area contributed by atoms with E-state index in [2.05, 4.69) is 9.71 Å². The van der Waals surface area contributed by atoms with E-state index in [0.717, 1.165) is 25.9 Å². The molecule has 0 spiro atoms. The van der Waals surface area contributed by atoms with Crippen molar-refractivity contribution in [3.63, 3.8) is 0 Å². The Bertz CT molecular complexity index is 705. The van der Waals surface area contributed by atoms with Crippen LogP contribution in [0.25, 0.3) is 0 Å². The maximum absolute atomic E-state index is 12.4. The number of rotatable bonds is 2. The Balaban J connectivity index is 1.92. The molecule has 3 rings (SSSR count). The molecule has 126 valence electrons. The van der Waals surface area contributed by atoms with E-state index in [1.165, 1.54) is 5.56 Å². The highest BCUT2D eigenvalue weighted by Gasteiger charge is 2.46. The fourth-order valence-electron chi connectivity index (χ4n) is 3.55. The Morgan fingerprint density at radius 3 is 2.30 bits per heavy atom. The van der Waals surface area contributed by atoms with Crippen LogP contribution in [0.15, 0.2) is 28.7 Å². The maximum atomic E-state index is 12.4. The number of nitrogens with two attached hydrogens (primary N) is 1. The summed E-state index contributed by atoms with van der Waals surface area (Å²) >= 11 is 0. The molecule has 1 fully saturated rings. The minimum atomic E-state index is -3.74. The molecule has 1 saturated heterocycles. The molecule has 3 N–H and O–H groups in total. The molecule has 1 aromatic rings. The lowest BCUT2D eigenvalue weighted by Gasteiger charge is -2.36. The third kappa shape index (κ3) is 3.21. The SMILES string of the molecule is CC1(C)OC(N)=NS(=O)(=O)C1c1ccc(C2CCNCC2)cc1. The van der Waals surface area contributed by atoms with Gasteiger partial charge in [-0.15, -0.1) is 4.40 Å². The van der Waals surface area contributed by atoms with E-state index in [1.807, 2.05) is 24.3 Å². The monoisotopic (exact) mass is 337 g/mol. The topological polar surface area (TPSA) is 93.8 Å². The molecule has 2 heterocycles. The van der Waals surface area contributed by atoms with E-state index >= 15 is 0 Å². The summed E-state index contributed by atoms with van der Waals surface area (Å²) in [4.78, 5) is 0. The van der Waals surface area contributed by atoms with Crippen molar-refractivity contribution in [2.24, 2.45) is 10.1 Å². The Morgan fingerprint density at radius 2 is 1.74 bits per heavy atom. The molecule has 23 heavy (non-hydrogen) atoms. The number of nitrogens with zero attached hydrogens (tertiary/aromatic N) is 1. The molecule has 1 aromatic carbocycles. The van der Waals surface area contributed by atoms with Crippen LogP contribution in [-0.4, -0.2) is 33.1 Å². The molecule has 2 aliphatic heterocycles. The molecule has 0 amide bonds.